The highest BCUT2D eigenvalue weighted by Crippen LogP contribution is 2.12. The highest BCUT2D eigenvalue weighted by atomic mass is 127. The predicted molar refractivity (Wildman–Crippen MR) is 64.4 cm³/mol. The van der Waals surface area contributed by atoms with Crippen molar-refractivity contribution >= 4 is 40.2 Å². The highest BCUT2D eigenvalue weighted by molar-refractivity contribution is 14.1. The monoisotopic (exact) mass is 319 g/mol. The van der Waals surface area contributed by atoms with Crippen LogP contribution < -0.4 is 5.32 Å². The third-order valence-electron chi connectivity index (χ3n) is 1.54. The Morgan fingerprint density at radius 2 is 2.20 bits per heavy atom. The van der Waals surface area contributed by atoms with Gasteiger partial charge >= 0.3 is 11.9 Å². The summed E-state index contributed by atoms with van der Waals surface area (Å²) in [4.78, 5) is 22.2. The fourth-order valence-electron chi connectivity index (χ4n) is 0.945. The molecule has 0 aliphatic carbocycles. The van der Waals surface area contributed by atoms with E-state index in [0.29, 0.717) is 5.69 Å². The third-order valence-corrected chi connectivity index (χ3v) is 2.21. The summed E-state index contributed by atoms with van der Waals surface area (Å²) >= 11 is 2.12. The molecular formula is C10H10INO3. The molecule has 15 heavy (non-hydrogen) atoms. The van der Waals surface area contributed by atoms with E-state index in [4.69, 9.17) is 0 Å². The maximum absolute atomic E-state index is 11.2. The number of anilines is 1. The van der Waals surface area contributed by atoms with Crippen LogP contribution in [0.1, 0.15) is 6.92 Å². The van der Waals surface area contributed by atoms with Gasteiger partial charge in [-0.3, -0.25) is 4.79 Å². The normalized spacial score (nSPS) is 9.47. The van der Waals surface area contributed by atoms with E-state index < -0.39 is 11.9 Å². The van der Waals surface area contributed by atoms with Gasteiger partial charge in [0.15, 0.2) is 0 Å². The molecule has 1 aromatic carbocycles. The maximum Gasteiger partial charge on any atom is 0.397 e. The summed E-state index contributed by atoms with van der Waals surface area (Å²) in [5.74, 6) is -1.62. The summed E-state index contributed by atoms with van der Waals surface area (Å²) in [7, 11) is 0. The molecule has 1 amide bonds. The first-order valence-electron chi connectivity index (χ1n) is 4.37. The van der Waals surface area contributed by atoms with E-state index in [2.05, 4.69) is 32.6 Å². The lowest BCUT2D eigenvalue weighted by Gasteiger charge is -2.04. The van der Waals surface area contributed by atoms with Gasteiger partial charge in [-0.15, -0.1) is 0 Å². The first-order chi connectivity index (χ1) is 7.13. The lowest BCUT2D eigenvalue weighted by atomic mass is 10.3. The van der Waals surface area contributed by atoms with Crippen molar-refractivity contribution in [3.63, 3.8) is 0 Å². The molecule has 0 unspecified atom stereocenters. The van der Waals surface area contributed by atoms with Crippen LogP contribution in [-0.2, 0) is 14.3 Å². The number of ether oxygens (including phenoxy) is 1. The van der Waals surface area contributed by atoms with Crippen molar-refractivity contribution in [2.45, 2.75) is 6.92 Å². The number of carbonyl (C=O) groups excluding carboxylic acids is 2. The van der Waals surface area contributed by atoms with Gasteiger partial charge in [0.05, 0.1) is 6.61 Å². The van der Waals surface area contributed by atoms with Crippen molar-refractivity contribution in [2.75, 3.05) is 11.9 Å². The van der Waals surface area contributed by atoms with Crippen LogP contribution in [0.5, 0.6) is 0 Å². The Hall–Kier alpha value is -1.11. The number of amides is 1. The number of hydrogen-bond donors (Lipinski definition) is 1. The van der Waals surface area contributed by atoms with Gasteiger partial charge < -0.3 is 10.1 Å². The number of halogens is 1. The van der Waals surface area contributed by atoms with Crippen LogP contribution in [0, 0.1) is 3.57 Å². The average molecular weight is 319 g/mol. The van der Waals surface area contributed by atoms with Crippen LogP contribution in [0.3, 0.4) is 0 Å². The zero-order chi connectivity index (χ0) is 11.3. The molecule has 0 radical (unpaired) electrons. The van der Waals surface area contributed by atoms with Crippen molar-refractivity contribution in [2.24, 2.45) is 0 Å². The summed E-state index contributed by atoms with van der Waals surface area (Å²) in [6.07, 6.45) is 0. The molecule has 1 aromatic rings. The first kappa shape index (κ1) is 12.0. The maximum atomic E-state index is 11.2. The lowest BCUT2D eigenvalue weighted by Crippen LogP contribution is -2.24. The van der Waals surface area contributed by atoms with Gasteiger partial charge in [0.1, 0.15) is 0 Å². The Bertz CT molecular complexity index is 379. The molecule has 0 aliphatic heterocycles. The number of benzene rings is 1. The van der Waals surface area contributed by atoms with E-state index in [1.165, 1.54) is 0 Å². The first-order valence-corrected chi connectivity index (χ1v) is 5.45. The van der Waals surface area contributed by atoms with Crippen molar-refractivity contribution in [1.29, 1.82) is 0 Å². The summed E-state index contributed by atoms with van der Waals surface area (Å²) in [5, 5.41) is 2.45. The summed E-state index contributed by atoms with van der Waals surface area (Å²) in [5.41, 5.74) is 0.583. The minimum absolute atomic E-state index is 0.193. The van der Waals surface area contributed by atoms with Gasteiger partial charge in [-0.2, -0.15) is 0 Å². The lowest BCUT2D eigenvalue weighted by molar-refractivity contribution is -0.152. The second-order valence-electron chi connectivity index (χ2n) is 2.68. The quantitative estimate of drug-likeness (QED) is 0.514. The van der Waals surface area contributed by atoms with Crippen LogP contribution in [0.4, 0.5) is 5.69 Å². The Morgan fingerprint density at radius 3 is 2.80 bits per heavy atom. The molecule has 80 valence electrons. The van der Waals surface area contributed by atoms with Gasteiger partial charge in [0.25, 0.3) is 0 Å². The van der Waals surface area contributed by atoms with E-state index >= 15 is 0 Å². The van der Waals surface area contributed by atoms with Gasteiger partial charge in [-0.1, -0.05) is 6.07 Å². The molecule has 5 heteroatoms. The molecule has 1 rings (SSSR count). The minimum Gasteiger partial charge on any atom is -0.459 e. The molecule has 0 saturated carbocycles. The number of nitrogens with one attached hydrogen (secondary N) is 1. The smallest absolute Gasteiger partial charge is 0.397 e. The van der Waals surface area contributed by atoms with Crippen molar-refractivity contribution in [3.8, 4) is 0 Å². The number of carbonyl (C=O) groups is 2. The highest BCUT2D eigenvalue weighted by Gasteiger charge is 2.14. The fourth-order valence-corrected chi connectivity index (χ4v) is 1.49. The van der Waals surface area contributed by atoms with Crippen LogP contribution in [-0.4, -0.2) is 18.5 Å². The van der Waals surface area contributed by atoms with Crippen molar-refractivity contribution in [3.05, 3.63) is 27.8 Å². The van der Waals surface area contributed by atoms with Crippen LogP contribution in [0.15, 0.2) is 24.3 Å². The predicted octanol–water partition coefficient (Wildman–Crippen LogP) is 1.79. The second kappa shape index (κ2) is 5.69. The van der Waals surface area contributed by atoms with Crippen LogP contribution >= 0.6 is 22.6 Å². The third kappa shape index (κ3) is 3.86. The molecule has 0 fully saturated rings. The van der Waals surface area contributed by atoms with Crippen molar-refractivity contribution < 1.29 is 14.3 Å². The van der Waals surface area contributed by atoms with Gasteiger partial charge in [-0.05, 0) is 47.7 Å². The Morgan fingerprint density at radius 1 is 1.47 bits per heavy atom. The van der Waals surface area contributed by atoms with E-state index in [1.807, 2.05) is 6.07 Å². The molecule has 1 N–H and O–H groups in total. The Labute approximate surface area is 101 Å². The van der Waals surface area contributed by atoms with Crippen molar-refractivity contribution in [1.82, 2.24) is 0 Å². The summed E-state index contributed by atoms with van der Waals surface area (Å²) in [6, 6.07) is 7.15. The largest absolute Gasteiger partial charge is 0.459 e. The van der Waals surface area contributed by atoms with E-state index in [9.17, 15) is 9.59 Å². The molecule has 0 saturated heterocycles. The van der Waals surface area contributed by atoms with Gasteiger partial charge in [0.2, 0.25) is 0 Å². The van der Waals surface area contributed by atoms with E-state index in [-0.39, 0.29) is 6.61 Å². The minimum atomic E-state index is -0.864. The molecule has 0 bridgehead atoms. The SMILES string of the molecule is CCOC(=O)C(=O)Nc1cccc(I)c1. The molecule has 0 aromatic heterocycles. The van der Waals surface area contributed by atoms with E-state index in [1.54, 1.807) is 25.1 Å². The second-order valence-corrected chi connectivity index (χ2v) is 3.93. The zero-order valence-electron chi connectivity index (χ0n) is 8.12. The molecule has 4 nitrogen and oxygen atoms in total. The molecule has 0 aliphatic rings. The standard InChI is InChI=1S/C10H10INO3/c1-2-15-10(14)9(13)12-8-5-3-4-7(11)6-8/h3-6H,2H2,1H3,(H,12,13). The van der Waals surface area contributed by atoms with Crippen LogP contribution in [0.25, 0.3) is 0 Å². The number of esters is 1. The van der Waals surface area contributed by atoms with Gasteiger partial charge in [0, 0.05) is 9.26 Å². The zero-order valence-corrected chi connectivity index (χ0v) is 10.3. The van der Waals surface area contributed by atoms with Gasteiger partial charge in [-0.25, -0.2) is 4.79 Å². The molecule has 0 atom stereocenters. The van der Waals surface area contributed by atoms with E-state index in [0.717, 1.165) is 3.57 Å². The molecule has 0 spiro atoms. The molecular weight excluding hydrogens is 309 g/mol. The average Bonchev–Trinajstić information content (AvgIpc) is 2.18. The Kier molecular flexibility index (Phi) is 4.54. The van der Waals surface area contributed by atoms with Crippen LogP contribution in [0.2, 0.25) is 0 Å². The Balaban J connectivity index is 2.62. The summed E-state index contributed by atoms with van der Waals surface area (Å²) < 4.78 is 5.53. The topological polar surface area (TPSA) is 55.4 Å². The summed E-state index contributed by atoms with van der Waals surface area (Å²) in [6.45, 7) is 1.84. The number of hydrogen-bond acceptors (Lipinski definition) is 3. The molecule has 0 heterocycles. The fraction of sp³-hybridized carbons (Fsp3) is 0.200. The number of rotatable bonds is 2.